The number of nitriles is 1. The van der Waals surface area contributed by atoms with Crippen molar-refractivity contribution in [2.24, 2.45) is 11.7 Å². The lowest BCUT2D eigenvalue weighted by molar-refractivity contribution is -0.119. The van der Waals surface area contributed by atoms with Gasteiger partial charge in [0.15, 0.2) is 5.78 Å². The summed E-state index contributed by atoms with van der Waals surface area (Å²) in [4.78, 5) is 24.8. The first-order chi connectivity index (χ1) is 10.0. The molecule has 0 saturated carbocycles. The van der Waals surface area contributed by atoms with Crippen LogP contribution in [0.1, 0.15) is 42.1 Å². The molecule has 1 heterocycles. The van der Waals surface area contributed by atoms with Crippen LogP contribution < -0.4 is 10.6 Å². The Morgan fingerprint density at radius 3 is 2.57 bits per heavy atom. The van der Waals surface area contributed by atoms with Crippen LogP contribution in [0.15, 0.2) is 18.2 Å². The summed E-state index contributed by atoms with van der Waals surface area (Å²) in [5, 5.41) is 9.03. The predicted octanol–water partition coefficient (Wildman–Crippen LogP) is 1.85. The molecule has 21 heavy (non-hydrogen) atoms. The Morgan fingerprint density at radius 1 is 1.38 bits per heavy atom. The van der Waals surface area contributed by atoms with Gasteiger partial charge in [0.25, 0.3) is 0 Å². The van der Waals surface area contributed by atoms with Crippen molar-refractivity contribution >= 4 is 17.4 Å². The number of ketones is 1. The van der Waals surface area contributed by atoms with Gasteiger partial charge in [-0.25, -0.2) is 0 Å². The molecular weight excluding hydrogens is 266 g/mol. The fourth-order valence-corrected chi connectivity index (χ4v) is 2.82. The number of rotatable bonds is 4. The quantitative estimate of drug-likeness (QED) is 0.855. The predicted molar refractivity (Wildman–Crippen MR) is 79.9 cm³/mol. The van der Waals surface area contributed by atoms with E-state index in [9.17, 15) is 9.59 Å². The third-order valence-corrected chi connectivity index (χ3v) is 3.95. The standard InChI is InChI=1S/C16H19N3O2/c1-11(20)14-3-2-13(10-17)8-15(14)19-6-4-12(5-7-19)9-16(18)21/h2-3,8,12H,4-7,9H2,1H3,(H2,18,21). The molecule has 1 aliphatic rings. The molecule has 0 unspecified atom stereocenters. The molecule has 2 N–H and O–H groups in total. The van der Waals surface area contributed by atoms with E-state index < -0.39 is 0 Å². The second-order valence-electron chi connectivity index (χ2n) is 5.50. The lowest BCUT2D eigenvalue weighted by atomic mass is 9.92. The van der Waals surface area contributed by atoms with Crippen molar-refractivity contribution in [3.8, 4) is 6.07 Å². The van der Waals surface area contributed by atoms with Gasteiger partial charge in [-0.2, -0.15) is 5.26 Å². The average molecular weight is 285 g/mol. The molecule has 0 aliphatic carbocycles. The molecule has 5 nitrogen and oxygen atoms in total. The first kappa shape index (κ1) is 15.0. The molecule has 2 rings (SSSR count). The minimum Gasteiger partial charge on any atom is -0.371 e. The molecule has 0 radical (unpaired) electrons. The summed E-state index contributed by atoms with van der Waals surface area (Å²) in [6.07, 6.45) is 2.17. The maximum absolute atomic E-state index is 11.7. The van der Waals surface area contributed by atoms with Crippen molar-refractivity contribution in [1.29, 1.82) is 5.26 Å². The molecule has 0 aromatic heterocycles. The van der Waals surface area contributed by atoms with Crippen LogP contribution in [0.25, 0.3) is 0 Å². The van der Waals surface area contributed by atoms with Crippen molar-refractivity contribution < 1.29 is 9.59 Å². The first-order valence-corrected chi connectivity index (χ1v) is 7.09. The summed E-state index contributed by atoms with van der Waals surface area (Å²) in [7, 11) is 0. The lowest BCUT2D eigenvalue weighted by Gasteiger charge is -2.34. The van der Waals surface area contributed by atoms with Crippen molar-refractivity contribution in [1.82, 2.24) is 0 Å². The smallest absolute Gasteiger partial charge is 0.217 e. The molecule has 0 spiro atoms. The number of carbonyl (C=O) groups excluding carboxylic acids is 2. The SMILES string of the molecule is CC(=O)c1ccc(C#N)cc1N1CCC(CC(N)=O)CC1. The van der Waals surface area contributed by atoms with E-state index in [1.165, 1.54) is 6.92 Å². The molecule has 1 aromatic rings. The fraction of sp³-hybridized carbons (Fsp3) is 0.438. The molecule has 1 amide bonds. The number of benzene rings is 1. The maximum atomic E-state index is 11.7. The Balaban J connectivity index is 2.17. The molecule has 0 bridgehead atoms. The zero-order valence-electron chi connectivity index (χ0n) is 12.1. The van der Waals surface area contributed by atoms with E-state index in [0.29, 0.717) is 23.5 Å². The van der Waals surface area contributed by atoms with Crippen LogP contribution in [-0.4, -0.2) is 24.8 Å². The molecule has 5 heteroatoms. The van der Waals surface area contributed by atoms with Gasteiger partial charge in [-0.3, -0.25) is 9.59 Å². The number of primary amides is 1. The zero-order valence-corrected chi connectivity index (χ0v) is 12.1. The largest absolute Gasteiger partial charge is 0.371 e. The number of hydrogen-bond donors (Lipinski definition) is 1. The summed E-state index contributed by atoms with van der Waals surface area (Å²) in [5.74, 6) is 0.0526. The highest BCUT2D eigenvalue weighted by Crippen LogP contribution is 2.29. The third kappa shape index (κ3) is 3.60. The summed E-state index contributed by atoms with van der Waals surface area (Å²) >= 11 is 0. The highest BCUT2D eigenvalue weighted by molar-refractivity contribution is 6.00. The number of nitrogens with zero attached hydrogens (tertiary/aromatic N) is 2. The summed E-state index contributed by atoms with van der Waals surface area (Å²) < 4.78 is 0. The van der Waals surface area contributed by atoms with E-state index in [-0.39, 0.29) is 11.7 Å². The summed E-state index contributed by atoms with van der Waals surface area (Å²) in [6.45, 7) is 3.07. The second kappa shape index (κ2) is 6.40. The molecular formula is C16H19N3O2. The van der Waals surface area contributed by atoms with Gasteiger partial charge < -0.3 is 10.6 Å². The first-order valence-electron chi connectivity index (χ1n) is 7.09. The minimum atomic E-state index is -0.260. The molecule has 110 valence electrons. The van der Waals surface area contributed by atoms with Crippen LogP contribution >= 0.6 is 0 Å². The van der Waals surface area contributed by atoms with Crippen molar-refractivity contribution in [2.45, 2.75) is 26.2 Å². The number of piperidine rings is 1. The number of anilines is 1. The van der Waals surface area contributed by atoms with Gasteiger partial charge in [0, 0.05) is 30.8 Å². The van der Waals surface area contributed by atoms with E-state index in [2.05, 4.69) is 11.0 Å². The monoisotopic (exact) mass is 285 g/mol. The average Bonchev–Trinajstić information content (AvgIpc) is 2.46. The lowest BCUT2D eigenvalue weighted by Crippen LogP contribution is -2.35. The van der Waals surface area contributed by atoms with E-state index >= 15 is 0 Å². The van der Waals surface area contributed by atoms with Gasteiger partial charge in [0.05, 0.1) is 11.6 Å². The van der Waals surface area contributed by atoms with Gasteiger partial charge >= 0.3 is 0 Å². The van der Waals surface area contributed by atoms with E-state index in [4.69, 9.17) is 11.0 Å². The maximum Gasteiger partial charge on any atom is 0.217 e. The van der Waals surface area contributed by atoms with E-state index in [0.717, 1.165) is 31.6 Å². The second-order valence-corrected chi connectivity index (χ2v) is 5.50. The summed E-state index contributed by atoms with van der Waals surface area (Å²) in [6, 6.07) is 7.26. The fourth-order valence-electron chi connectivity index (χ4n) is 2.82. The highest BCUT2D eigenvalue weighted by Gasteiger charge is 2.23. The number of amides is 1. The van der Waals surface area contributed by atoms with E-state index in [1.54, 1.807) is 18.2 Å². The zero-order chi connectivity index (χ0) is 15.4. The van der Waals surface area contributed by atoms with Crippen LogP contribution in [0, 0.1) is 17.2 Å². The summed E-state index contributed by atoms with van der Waals surface area (Å²) in [5.41, 5.74) is 7.25. The van der Waals surface area contributed by atoms with Crippen molar-refractivity contribution in [2.75, 3.05) is 18.0 Å². The Labute approximate surface area is 124 Å². The van der Waals surface area contributed by atoms with Gasteiger partial charge in [-0.15, -0.1) is 0 Å². The van der Waals surface area contributed by atoms with Crippen LogP contribution in [0.5, 0.6) is 0 Å². The normalized spacial score (nSPS) is 15.5. The Hall–Kier alpha value is -2.35. The topological polar surface area (TPSA) is 87.2 Å². The number of Topliss-reactive ketones (excluding diaryl/α,β-unsaturated/α-hetero) is 1. The van der Waals surface area contributed by atoms with Crippen LogP contribution in [0.2, 0.25) is 0 Å². The Kier molecular flexibility index (Phi) is 4.59. The molecule has 1 saturated heterocycles. The highest BCUT2D eigenvalue weighted by atomic mass is 16.1. The number of hydrogen-bond acceptors (Lipinski definition) is 4. The third-order valence-electron chi connectivity index (χ3n) is 3.95. The van der Waals surface area contributed by atoms with Crippen LogP contribution in [0.3, 0.4) is 0 Å². The van der Waals surface area contributed by atoms with Gasteiger partial charge in [0.1, 0.15) is 0 Å². The minimum absolute atomic E-state index is 0.00579. The number of nitrogens with two attached hydrogens (primary N) is 1. The molecule has 1 aromatic carbocycles. The van der Waals surface area contributed by atoms with Crippen LogP contribution in [-0.2, 0) is 4.79 Å². The Morgan fingerprint density at radius 2 is 2.05 bits per heavy atom. The molecule has 1 aliphatic heterocycles. The van der Waals surface area contributed by atoms with Crippen LogP contribution in [0.4, 0.5) is 5.69 Å². The van der Waals surface area contributed by atoms with Gasteiger partial charge in [-0.05, 0) is 43.9 Å². The van der Waals surface area contributed by atoms with E-state index in [1.807, 2.05) is 0 Å². The number of carbonyl (C=O) groups is 2. The van der Waals surface area contributed by atoms with Crippen molar-refractivity contribution in [3.63, 3.8) is 0 Å². The van der Waals surface area contributed by atoms with Gasteiger partial charge in [0.2, 0.25) is 5.91 Å². The molecule has 1 fully saturated rings. The van der Waals surface area contributed by atoms with Gasteiger partial charge in [-0.1, -0.05) is 0 Å². The van der Waals surface area contributed by atoms with Crippen molar-refractivity contribution in [3.05, 3.63) is 29.3 Å². The molecule has 0 atom stereocenters. The Bertz CT molecular complexity index is 596.